The van der Waals surface area contributed by atoms with Crippen LogP contribution in [0.2, 0.25) is 0 Å². The third-order valence-electron chi connectivity index (χ3n) is 3.38. The fourth-order valence-electron chi connectivity index (χ4n) is 2.35. The van der Waals surface area contributed by atoms with Gasteiger partial charge in [-0.3, -0.25) is 0 Å². The molecule has 2 nitrogen and oxygen atoms in total. The van der Waals surface area contributed by atoms with Crippen LogP contribution in [0, 0.1) is 18.6 Å². The molecule has 0 aliphatic heterocycles. The van der Waals surface area contributed by atoms with E-state index in [4.69, 9.17) is 4.74 Å². The Kier molecular flexibility index (Phi) is 4.91. The molecule has 0 saturated carbocycles. The molecule has 112 valence electrons. The Morgan fingerprint density at radius 1 is 1.10 bits per heavy atom. The fourth-order valence-corrected chi connectivity index (χ4v) is 2.35. The highest BCUT2D eigenvalue weighted by molar-refractivity contribution is 5.39. The smallest absolute Gasteiger partial charge is 0.165 e. The first-order valence-corrected chi connectivity index (χ1v) is 6.89. The lowest BCUT2D eigenvalue weighted by atomic mass is 9.96. The van der Waals surface area contributed by atoms with Crippen LogP contribution in [0.3, 0.4) is 0 Å². The first-order chi connectivity index (χ1) is 10.1. The van der Waals surface area contributed by atoms with E-state index in [9.17, 15) is 8.78 Å². The molecule has 0 aliphatic rings. The molecule has 0 bridgehead atoms. The molecule has 0 saturated heterocycles. The predicted octanol–water partition coefficient (Wildman–Crippen LogP) is 3.98. The molecule has 1 N–H and O–H groups in total. The Labute approximate surface area is 123 Å². The SMILES string of the molecule is CCNC(c1ccc(F)c(OC)c1)c1cc(C)ccc1F. The van der Waals surface area contributed by atoms with Gasteiger partial charge in [-0.25, -0.2) is 8.78 Å². The third-order valence-corrected chi connectivity index (χ3v) is 3.38. The molecule has 2 rings (SSSR count). The van der Waals surface area contributed by atoms with Crippen molar-refractivity contribution in [3.8, 4) is 5.75 Å². The van der Waals surface area contributed by atoms with Gasteiger partial charge in [-0.15, -0.1) is 0 Å². The highest BCUT2D eigenvalue weighted by Gasteiger charge is 2.18. The minimum absolute atomic E-state index is 0.156. The molecule has 0 aliphatic carbocycles. The normalized spacial score (nSPS) is 12.2. The number of hydrogen-bond acceptors (Lipinski definition) is 2. The van der Waals surface area contributed by atoms with Crippen molar-refractivity contribution < 1.29 is 13.5 Å². The molecule has 1 unspecified atom stereocenters. The summed E-state index contributed by atoms with van der Waals surface area (Å²) < 4.78 is 32.7. The highest BCUT2D eigenvalue weighted by atomic mass is 19.1. The summed E-state index contributed by atoms with van der Waals surface area (Å²) in [5, 5.41) is 3.24. The Hall–Kier alpha value is -1.94. The number of halogens is 2. The van der Waals surface area contributed by atoms with Crippen LogP contribution in [-0.4, -0.2) is 13.7 Å². The number of rotatable bonds is 5. The van der Waals surface area contributed by atoms with E-state index >= 15 is 0 Å². The second-order valence-corrected chi connectivity index (χ2v) is 4.91. The van der Waals surface area contributed by atoms with Gasteiger partial charge in [0.2, 0.25) is 0 Å². The summed E-state index contributed by atoms with van der Waals surface area (Å²) >= 11 is 0. The molecule has 0 spiro atoms. The van der Waals surface area contributed by atoms with Crippen LogP contribution in [0.25, 0.3) is 0 Å². The lowest BCUT2D eigenvalue weighted by Gasteiger charge is -2.21. The van der Waals surface area contributed by atoms with E-state index in [0.717, 1.165) is 11.1 Å². The van der Waals surface area contributed by atoms with Gasteiger partial charge < -0.3 is 10.1 Å². The van der Waals surface area contributed by atoms with Crippen LogP contribution in [0.4, 0.5) is 8.78 Å². The van der Waals surface area contributed by atoms with Crippen LogP contribution in [0.5, 0.6) is 5.75 Å². The summed E-state index contributed by atoms with van der Waals surface area (Å²) in [5.74, 6) is -0.556. The van der Waals surface area contributed by atoms with Crippen molar-refractivity contribution in [1.29, 1.82) is 0 Å². The van der Waals surface area contributed by atoms with Crippen LogP contribution < -0.4 is 10.1 Å². The zero-order valence-corrected chi connectivity index (χ0v) is 12.4. The third kappa shape index (κ3) is 3.39. The fraction of sp³-hybridized carbons (Fsp3) is 0.294. The Morgan fingerprint density at radius 2 is 1.81 bits per heavy atom. The number of methoxy groups -OCH3 is 1. The molecule has 1 atom stereocenters. The molecule has 0 fully saturated rings. The van der Waals surface area contributed by atoms with Crippen molar-refractivity contribution in [1.82, 2.24) is 5.32 Å². The Bertz CT molecular complexity index is 628. The maximum Gasteiger partial charge on any atom is 0.165 e. The molecular weight excluding hydrogens is 272 g/mol. The van der Waals surface area contributed by atoms with E-state index in [0.29, 0.717) is 12.1 Å². The molecule has 2 aromatic rings. The topological polar surface area (TPSA) is 21.3 Å². The zero-order chi connectivity index (χ0) is 15.4. The lowest BCUT2D eigenvalue weighted by Crippen LogP contribution is -2.23. The van der Waals surface area contributed by atoms with Crippen LogP contribution in [-0.2, 0) is 0 Å². The quantitative estimate of drug-likeness (QED) is 0.899. The van der Waals surface area contributed by atoms with Crippen molar-refractivity contribution in [2.45, 2.75) is 19.9 Å². The van der Waals surface area contributed by atoms with Gasteiger partial charge in [0, 0.05) is 5.56 Å². The summed E-state index contributed by atoms with van der Waals surface area (Å²) in [5.41, 5.74) is 2.29. The number of aryl methyl sites for hydroxylation is 1. The van der Waals surface area contributed by atoms with Gasteiger partial charge in [-0.2, -0.15) is 0 Å². The van der Waals surface area contributed by atoms with Crippen molar-refractivity contribution in [3.63, 3.8) is 0 Å². The van der Waals surface area contributed by atoms with Gasteiger partial charge in [-0.05, 0) is 37.2 Å². The monoisotopic (exact) mass is 291 g/mol. The number of nitrogens with one attached hydrogen (secondary N) is 1. The van der Waals surface area contributed by atoms with E-state index in [2.05, 4.69) is 5.32 Å². The molecule has 0 amide bonds. The van der Waals surface area contributed by atoms with E-state index in [1.807, 2.05) is 13.8 Å². The van der Waals surface area contributed by atoms with Gasteiger partial charge in [0.05, 0.1) is 13.2 Å². The van der Waals surface area contributed by atoms with Crippen LogP contribution in [0.1, 0.15) is 29.7 Å². The average Bonchev–Trinajstić information content (AvgIpc) is 2.48. The van der Waals surface area contributed by atoms with Crippen molar-refractivity contribution in [2.24, 2.45) is 0 Å². The van der Waals surface area contributed by atoms with Gasteiger partial charge >= 0.3 is 0 Å². The van der Waals surface area contributed by atoms with Crippen molar-refractivity contribution >= 4 is 0 Å². The highest BCUT2D eigenvalue weighted by Crippen LogP contribution is 2.29. The largest absolute Gasteiger partial charge is 0.494 e. The summed E-state index contributed by atoms with van der Waals surface area (Å²) in [6.45, 7) is 4.52. The molecule has 4 heteroatoms. The lowest BCUT2D eigenvalue weighted by molar-refractivity contribution is 0.385. The van der Waals surface area contributed by atoms with Gasteiger partial charge in [-0.1, -0.05) is 30.7 Å². The maximum atomic E-state index is 14.1. The van der Waals surface area contributed by atoms with Crippen LogP contribution >= 0.6 is 0 Å². The van der Waals surface area contributed by atoms with E-state index in [1.54, 1.807) is 24.3 Å². The van der Waals surface area contributed by atoms with E-state index < -0.39 is 5.82 Å². The summed E-state index contributed by atoms with van der Waals surface area (Å²) in [6.07, 6.45) is 0. The standard InChI is InChI=1S/C17H19F2NO/c1-4-20-17(13-9-11(2)5-7-14(13)18)12-6-8-15(19)16(10-12)21-3/h5-10,17,20H,4H2,1-3H3. The van der Waals surface area contributed by atoms with Crippen LogP contribution in [0.15, 0.2) is 36.4 Å². The summed E-state index contributed by atoms with van der Waals surface area (Å²) in [6, 6.07) is 9.23. The second-order valence-electron chi connectivity index (χ2n) is 4.91. The molecule has 0 radical (unpaired) electrons. The maximum absolute atomic E-state index is 14.1. The minimum Gasteiger partial charge on any atom is -0.494 e. The van der Waals surface area contributed by atoms with Gasteiger partial charge in [0.25, 0.3) is 0 Å². The predicted molar refractivity (Wildman–Crippen MR) is 79.6 cm³/mol. The summed E-state index contributed by atoms with van der Waals surface area (Å²) in [4.78, 5) is 0. The average molecular weight is 291 g/mol. The first-order valence-electron chi connectivity index (χ1n) is 6.89. The van der Waals surface area contributed by atoms with Gasteiger partial charge in [0.1, 0.15) is 5.82 Å². The molecule has 0 heterocycles. The summed E-state index contributed by atoms with van der Waals surface area (Å²) in [7, 11) is 1.41. The Morgan fingerprint density at radius 3 is 2.48 bits per heavy atom. The molecular formula is C17H19F2NO. The van der Waals surface area contributed by atoms with E-state index in [-0.39, 0.29) is 17.6 Å². The number of hydrogen-bond donors (Lipinski definition) is 1. The number of ether oxygens (including phenoxy) is 1. The zero-order valence-electron chi connectivity index (χ0n) is 12.4. The molecule has 0 aromatic heterocycles. The Balaban J connectivity index is 2.50. The van der Waals surface area contributed by atoms with Crippen molar-refractivity contribution in [2.75, 3.05) is 13.7 Å². The molecule has 2 aromatic carbocycles. The molecule has 21 heavy (non-hydrogen) atoms. The second kappa shape index (κ2) is 6.68. The minimum atomic E-state index is -0.429. The number of benzene rings is 2. The first kappa shape index (κ1) is 15.4. The van der Waals surface area contributed by atoms with Gasteiger partial charge in [0.15, 0.2) is 11.6 Å². The van der Waals surface area contributed by atoms with E-state index in [1.165, 1.54) is 19.2 Å². The van der Waals surface area contributed by atoms with Crippen molar-refractivity contribution in [3.05, 3.63) is 64.7 Å².